The highest BCUT2D eigenvalue weighted by molar-refractivity contribution is 7.17. The lowest BCUT2D eigenvalue weighted by atomic mass is 10.1. The third-order valence-electron chi connectivity index (χ3n) is 3.41. The summed E-state index contributed by atoms with van der Waals surface area (Å²) in [4.78, 5) is 20.4. The second-order valence-electron chi connectivity index (χ2n) is 4.73. The number of thiophene rings is 1. The number of fused-ring (bicyclic) bond motifs is 3. The lowest BCUT2D eigenvalue weighted by molar-refractivity contribution is 0.0532. The van der Waals surface area contributed by atoms with Crippen LogP contribution >= 0.6 is 11.3 Å². The van der Waals surface area contributed by atoms with Gasteiger partial charge >= 0.3 is 5.97 Å². The fourth-order valence-corrected chi connectivity index (χ4v) is 3.52. The van der Waals surface area contributed by atoms with Crippen LogP contribution in [0.1, 0.15) is 22.2 Å². The third kappa shape index (κ3) is 2.18. The molecule has 1 aliphatic heterocycles. The number of hydrogen-bond acceptors (Lipinski definition) is 5. The lowest BCUT2D eigenvalue weighted by Gasteiger charge is -2.18. The van der Waals surface area contributed by atoms with Crippen molar-refractivity contribution in [2.45, 2.75) is 13.3 Å². The molecule has 0 spiro atoms. The second kappa shape index (κ2) is 5.25. The molecule has 0 aromatic carbocycles. The SMILES string of the molecule is CCOC(=O)c1cc2c(s1)-c1ncccc1N(C)CC2. The van der Waals surface area contributed by atoms with Gasteiger partial charge in [0, 0.05) is 19.8 Å². The molecule has 0 amide bonds. The number of esters is 1. The number of aromatic nitrogens is 1. The molecule has 0 fully saturated rings. The topological polar surface area (TPSA) is 42.4 Å². The van der Waals surface area contributed by atoms with E-state index in [1.54, 1.807) is 6.20 Å². The van der Waals surface area contributed by atoms with Crippen LogP contribution in [0.2, 0.25) is 0 Å². The van der Waals surface area contributed by atoms with Gasteiger partial charge in [0.1, 0.15) is 10.6 Å². The monoisotopic (exact) mass is 288 g/mol. The summed E-state index contributed by atoms with van der Waals surface area (Å²) in [6.07, 6.45) is 2.71. The van der Waals surface area contributed by atoms with E-state index in [1.807, 2.05) is 19.1 Å². The molecule has 0 bridgehead atoms. The Morgan fingerprint density at radius 2 is 2.40 bits per heavy atom. The van der Waals surface area contributed by atoms with Gasteiger partial charge < -0.3 is 9.64 Å². The summed E-state index contributed by atoms with van der Waals surface area (Å²) in [6.45, 7) is 3.14. The first-order valence-electron chi connectivity index (χ1n) is 6.67. The van der Waals surface area contributed by atoms with Gasteiger partial charge in [0.25, 0.3) is 0 Å². The second-order valence-corrected chi connectivity index (χ2v) is 5.78. The minimum absolute atomic E-state index is 0.239. The molecule has 0 saturated carbocycles. The predicted octanol–water partition coefficient (Wildman–Crippen LogP) is 2.98. The van der Waals surface area contributed by atoms with Gasteiger partial charge in [-0.3, -0.25) is 4.98 Å². The number of likely N-dealkylation sites (N-methyl/N-ethyl adjacent to an activating group) is 1. The molecule has 0 atom stereocenters. The highest BCUT2D eigenvalue weighted by Gasteiger charge is 2.23. The Kier molecular flexibility index (Phi) is 3.44. The highest BCUT2D eigenvalue weighted by Crippen LogP contribution is 2.39. The summed E-state index contributed by atoms with van der Waals surface area (Å²) in [5.41, 5.74) is 3.26. The Morgan fingerprint density at radius 3 is 3.20 bits per heavy atom. The van der Waals surface area contributed by atoms with Crippen LogP contribution in [0.4, 0.5) is 5.69 Å². The molecule has 20 heavy (non-hydrogen) atoms. The minimum Gasteiger partial charge on any atom is -0.462 e. The molecular weight excluding hydrogens is 272 g/mol. The first-order chi connectivity index (χ1) is 9.70. The lowest BCUT2D eigenvalue weighted by Crippen LogP contribution is -2.19. The fourth-order valence-electron chi connectivity index (χ4n) is 2.41. The van der Waals surface area contributed by atoms with Crippen molar-refractivity contribution >= 4 is 23.0 Å². The van der Waals surface area contributed by atoms with Crippen molar-refractivity contribution in [2.24, 2.45) is 0 Å². The quantitative estimate of drug-likeness (QED) is 0.797. The van der Waals surface area contributed by atoms with Gasteiger partial charge in [-0.15, -0.1) is 11.3 Å². The Morgan fingerprint density at radius 1 is 1.55 bits per heavy atom. The van der Waals surface area contributed by atoms with Crippen molar-refractivity contribution in [3.05, 3.63) is 34.8 Å². The average molecular weight is 288 g/mol. The van der Waals surface area contributed by atoms with E-state index in [0.717, 1.165) is 29.2 Å². The van der Waals surface area contributed by atoms with Crippen molar-refractivity contribution in [1.29, 1.82) is 0 Å². The van der Waals surface area contributed by atoms with Crippen molar-refractivity contribution in [2.75, 3.05) is 25.1 Å². The first-order valence-corrected chi connectivity index (χ1v) is 7.48. The molecule has 1 aliphatic rings. The molecule has 2 aromatic rings. The molecule has 3 rings (SSSR count). The predicted molar refractivity (Wildman–Crippen MR) is 80.5 cm³/mol. The van der Waals surface area contributed by atoms with Gasteiger partial charge in [0.05, 0.1) is 17.2 Å². The zero-order valence-electron chi connectivity index (χ0n) is 11.5. The standard InChI is InChI=1S/C15H16N2O2S/c1-3-19-15(18)12-9-10-6-8-17(2)11-5-4-7-16-13(11)14(10)20-12/h4-5,7,9H,3,6,8H2,1-2H3. The first kappa shape index (κ1) is 13.1. The number of hydrogen-bond donors (Lipinski definition) is 0. The molecule has 104 valence electrons. The molecule has 0 aliphatic carbocycles. The number of ether oxygens (including phenoxy) is 1. The van der Waals surface area contributed by atoms with Gasteiger partial charge in [-0.2, -0.15) is 0 Å². The zero-order chi connectivity index (χ0) is 14.1. The number of carbonyl (C=O) groups excluding carboxylic acids is 1. The van der Waals surface area contributed by atoms with Crippen LogP contribution in [0.15, 0.2) is 24.4 Å². The van der Waals surface area contributed by atoms with Gasteiger partial charge in [0.2, 0.25) is 0 Å². The van der Waals surface area contributed by atoms with E-state index in [9.17, 15) is 4.79 Å². The summed E-state index contributed by atoms with van der Waals surface area (Å²) in [5, 5.41) is 0. The van der Waals surface area contributed by atoms with Crippen LogP contribution in [-0.4, -0.2) is 31.2 Å². The Labute approximate surface area is 122 Å². The molecule has 5 heteroatoms. The van der Waals surface area contributed by atoms with Gasteiger partial charge in [0.15, 0.2) is 0 Å². The highest BCUT2D eigenvalue weighted by atomic mass is 32.1. The Hall–Kier alpha value is -1.88. The van der Waals surface area contributed by atoms with E-state index >= 15 is 0 Å². The largest absolute Gasteiger partial charge is 0.462 e. The molecule has 0 N–H and O–H groups in total. The number of pyridine rings is 1. The van der Waals surface area contributed by atoms with Crippen LogP contribution in [0.3, 0.4) is 0 Å². The summed E-state index contributed by atoms with van der Waals surface area (Å²) in [6, 6.07) is 5.97. The summed E-state index contributed by atoms with van der Waals surface area (Å²) < 4.78 is 5.09. The Balaban J connectivity index is 2.09. The zero-order valence-corrected chi connectivity index (χ0v) is 12.4. The maximum absolute atomic E-state index is 11.9. The summed E-state index contributed by atoms with van der Waals surface area (Å²) in [5.74, 6) is -0.239. The van der Waals surface area contributed by atoms with E-state index in [2.05, 4.69) is 23.0 Å². The molecule has 2 aromatic heterocycles. The fraction of sp³-hybridized carbons (Fsp3) is 0.333. The Bertz CT molecular complexity index is 651. The number of anilines is 1. The summed E-state index contributed by atoms with van der Waals surface area (Å²) in [7, 11) is 2.07. The van der Waals surface area contributed by atoms with Gasteiger partial charge in [-0.05, 0) is 37.1 Å². The van der Waals surface area contributed by atoms with Crippen LogP contribution in [0, 0.1) is 0 Å². The average Bonchev–Trinajstić information content (AvgIpc) is 2.84. The number of rotatable bonds is 2. The van der Waals surface area contributed by atoms with Crippen molar-refractivity contribution in [1.82, 2.24) is 4.98 Å². The minimum atomic E-state index is -0.239. The van der Waals surface area contributed by atoms with E-state index in [-0.39, 0.29) is 5.97 Å². The van der Waals surface area contributed by atoms with E-state index in [1.165, 1.54) is 16.9 Å². The molecule has 4 nitrogen and oxygen atoms in total. The van der Waals surface area contributed by atoms with Gasteiger partial charge in [-0.1, -0.05) is 0 Å². The molecule has 0 radical (unpaired) electrons. The van der Waals surface area contributed by atoms with Crippen LogP contribution in [-0.2, 0) is 11.2 Å². The normalized spacial score (nSPS) is 13.4. The smallest absolute Gasteiger partial charge is 0.348 e. The third-order valence-corrected chi connectivity index (χ3v) is 4.58. The molecule has 3 heterocycles. The van der Waals surface area contributed by atoms with Crippen molar-refractivity contribution < 1.29 is 9.53 Å². The van der Waals surface area contributed by atoms with Crippen LogP contribution in [0.5, 0.6) is 0 Å². The number of nitrogens with zero attached hydrogens (tertiary/aromatic N) is 2. The van der Waals surface area contributed by atoms with Gasteiger partial charge in [-0.25, -0.2) is 4.79 Å². The maximum atomic E-state index is 11.9. The summed E-state index contributed by atoms with van der Waals surface area (Å²) >= 11 is 1.48. The molecule has 0 saturated heterocycles. The maximum Gasteiger partial charge on any atom is 0.348 e. The van der Waals surface area contributed by atoms with E-state index in [0.29, 0.717) is 11.5 Å². The van der Waals surface area contributed by atoms with E-state index < -0.39 is 0 Å². The molecular formula is C15H16N2O2S. The van der Waals surface area contributed by atoms with Crippen molar-refractivity contribution in [3.63, 3.8) is 0 Å². The molecule has 0 unspecified atom stereocenters. The van der Waals surface area contributed by atoms with E-state index in [4.69, 9.17) is 4.74 Å². The number of carbonyl (C=O) groups is 1. The van der Waals surface area contributed by atoms with Crippen LogP contribution < -0.4 is 4.90 Å². The van der Waals surface area contributed by atoms with Crippen molar-refractivity contribution in [3.8, 4) is 10.6 Å². The van der Waals surface area contributed by atoms with Crippen LogP contribution in [0.25, 0.3) is 10.6 Å².